The number of rotatable bonds is 3. The van der Waals surface area contributed by atoms with E-state index in [1.807, 2.05) is 0 Å². The zero-order valence-electron chi connectivity index (χ0n) is 6.69. The maximum absolute atomic E-state index is 8.47. The van der Waals surface area contributed by atoms with Gasteiger partial charge in [0.25, 0.3) is 0 Å². The summed E-state index contributed by atoms with van der Waals surface area (Å²) in [5.74, 6) is 0. The summed E-state index contributed by atoms with van der Waals surface area (Å²) in [6.07, 6.45) is -2.44. The predicted octanol–water partition coefficient (Wildman–Crippen LogP) is -0.497. The average molecular weight is 221 g/mol. The molecule has 2 unspecified atom stereocenters. The molecule has 0 bridgehead atoms. The Morgan fingerprint density at radius 3 is 1.25 bits per heavy atom. The standard InChI is InChI=1S/C4H10O4.C2H4Cl2/c5-1-3(7)4(8)2-6;1-2(3)4/h3-8H,1-2H2;2H,1H3. The van der Waals surface area contributed by atoms with Gasteiger partial charge in [0.1, 0.15) is 17.0 Å². The van der Waals surface area contributed by atoms with Crippen molar-refractivity contribution in [3.8, 4) is 0 Å². The molecule has 0 aromatic rings. The molecule has 0 radical (unpaired) electrons. The SMILES string of the molecule is CC(Cl)Cl.OCC(O)C(O)CO. The van der Waals surface area contributed by atoms with Crippen LogP contribution < -0.4 is 0 Å². The molecule has 0 fully saturated rings. The summed E-state index contributed by atoms with van der Waals surface area (Å²) in [6, 6.07) is 0. The molecular weight excluding hydrogens is 207 g/mol. The quantitative estimate of drug-likeness (QED) is 0.484. The van der Waals surface area contributed by atoms with Gasteiger partial charge in [-0.3, -0.25) is 0 Å². The smallest absolute Gasteiger partial charge is 0.105 e. The van der Waals surface area contributed by atoms with E-state index in [0.717, 1.165) is 0 Å². The summed E-state index contributed by atoms with van der Waals surface area (Å²) in [4.78, 5) is -0.222. The lowest BCUT2D eigenvalue weighted by molar-refractivity contribution is -0.0388. The molecule has 4 N–H and O–H groups in total. The summed E-state index contributed by atoms with van der Waals surface area (Å²) >= 11 is 10.1. The topological polar surface area (TPSA) is 80.9 Å². The van der Waals surface area contributed by atoms with Gasteiger partial charge in [-0.2, -0.15) is 0 Å². The van der Waals surface area contributed by atoms with Crippen molar-refractivity contribution in [2.24, 2.45) is 0 Å². The Kier molecular flexibility index (Phi) is 11.8. The van der Waals surface area contributed by atoms with Gasteiger partial charge in [-0.15, -0.1) is 23.2 Å². The van der Waals surface area contributed by atoms with Gasteiger partial charge < -0.3 is 20.4 Å². The van der Waals surface area contributed by atoms with Crippen molar-refractivity contribution in [1.82, 2.24) is 0 Å². The second-order valence-corrected chi connectivity index (χ2v) is 3.55. The molecule has 12 heavy (non-hydrogen) atoms. The maximum Gasteiger partial charge on any atom is 0.105 e. The molecule has 0 saturated heterocycles. The number of aliphatic hydroxyl groups is 4. The fourth-order valence-electron chi connectivity index (χ4n) is 0.243. The molecular formula is C6H14Cl2O4. The van der Waals surface area contributed by atoms with Crippen LogP contribution in [-0.4, -0.2) is 50.7 Å². The molecule has 0 aliphatic heterocycles. The molecule has 0 aliphatic carbocycles. The van der Waals surface area contributed by atoms with Crippen molar-refractivity contribution < 1.29 is 20.4 Å². The molecule has 0 rings (SSSR count). The van der Waals surface area contributed by atoms with Crippen molar-refractivity contribution in [2.45, 2.75) is 24.0 Å². The zero-order chi connectivity index (χ0) is 10.1. The minimum absolute atomic E-state index is 0.222. The van der Waals surface area contributed by atoms with Gasteiger partial charge in [0.15, 0.2) is 0 Å². The van der Waals surface area contributed by atoms with E-state index in [9.17, 15) is 0 Å². The highest BCUT2D eigenvalue weighted by Crippen LogP contribution is 1.95. The lowest BCUT2D eigenvalue weighted by Gasteiger charge is -2.10. The highest BCUT2D eigenvalue weighted by Gasteiger charge is 2.12. The average Bonchev–Trinajstić information content (AvgIpc) is 2.00. The minimum Gasteiger partial charge on any atom is -0.394 e. The van der Waals surface area contributed by atoms with Gasteiger partial charge in [0.2, 0.25) is 0 Å². The Balaban J connectivity index is 0. The molecule has 0 aromatic heterocycles. The number of halogens is 2. The highest BCUT2D eigenvalue weighted by molar-refractivity contribution is 6.43. The number of alkyl halides is 2. The van der Waals surface area contributed by atoms with E-state index >= 15 is 0 Å². The summed E-state index contributed by atoms with van der Waals surface area (Å²) in [7, 11) is 0. The van der Waals surface area contributed by atoms with Crippen molar-refractivity contribution in [2.75, 3.05) is 13.2 Å². The van der Waals surface area contributed by atoms with Crippen molar-refractivity contribution >= 4 is 23.2 Å². The largest absolute Gasteiger partial charge is 0.394 e. The first-order chi connectivity index (χ1) is 5.45. The zero-order valence-corrected chi connectivity index (χ0v) is 8.20. The Morgan fingerprint density at radius 2 is 1.17 bits per heavy atom. The van der Waals surface area contributed by atoms with Gasteiger partial charge in [-0.05, 0) is 6.92 Å². The third kappa shape index (κ3) is 13.0. The summed E-state index contributed by atoms with van der Waals surface area (Å²) in [6.45, 7) is 0.645. The second kappa shape index (κ2) is 9.51. The summed E-state index contributed by atoms with van der Waals surface area (Å²) in [5.41, 5.74) is 0. The van der Waals surface area contributed by atoms with E-state index < -0.39 is 25.4 Å². The summed E-state index contributed by atoms with van der Waals surface area (Å²) < 4.78 is 0. The van der Waals surface area contributed by atoms with Crippen molar-refractivity contribution in [3.05, 3.63) is 0 Å². The fourth-order valence-corrected chi connectivity index (χ4v) is 0.243. The van der Waals surface area contributed by atoms with Gasteiger partial charge in [0, 0.05) is 0 Å². The molecule has 6 heteroatoms. The first-order valence-electron chi connectivity index (χ1n) is 3.31. The Hall–Kier alpha value is 0.420. The lowest BCUT2D eigenvalue weighted by atomic mass is 10.2. The van der Waals surface area contributed by atoms with E-state index in [4.69, 9.17) is 43.6 Å². The van der Waals surface area contributed by atoms with E-state index in [1.165, 1.54) is 0 Å². The molecule has 76 valence electrons. The van der Waals surface area contributed by atoms with E-state index in [-0.39, 0.29) is 4.84 Å². The van der Waals surface area contributed by atoms with Crippen LogP contribution in [0.2, 0.25) is 0 Å². The normalized spacial score (nSPS) is 15.0. The number of aliphatic hydroxyl groups excluding tert-OH is 4. The second-order valence-electron chi connectivity index (χ2n) is 2.02. The van der Waals surface area contributed by atoms with Crippen LogP contribution in [0, 0.1) is 0 Å². The molecule has 0 spiro atoms. The molecule has 4 nitrogen and oxygen atoms in total. The molecule has 0 amide bonds. The highest BCUT2D eigenvalue weighted by atomic mass is 35.5. The molecule has 0 heterocycles. The van der Waals surface area contributed by atoms with Crippen LogP contribution in [0.1, 0.15) is 6.92 Å². The van der Waals surface area contributed by atoms with Crippen LogP contribution in [0.4, 0.5) is 0 Å². The Bertz CT molecular complexity index is 80.9. The molecule has 0 aromatic carbocycles. The van der Waals surface area contributed by atoms with Gasteiger partial charge in [0.05, 0.1) is 13.2 Å². The van der Waals surface area contributed by atoms with Crippen LogP contribution in [0.25, 0.3) is 0 Å². The first kappa shape index (κ1) is 14.9. The Labute approximate surface area is 81.4 Å². The van der Waals surface area contributed by atoms with Crippen molar-refractivity contribution in [3.63, 3.8) is 0 Å². The third-order valence-electron chi connectivity index (χ3n) is 0.818. The Morgan fingerprint density at radius 1 is 1.00 bits per heavy atom. The predicted molar refractivity (Wildman–Crippen MR) is 47.4 cm³/mol. The lowest BCUT2D eigenvalue weighted by Crippen LogP contribution is -2.31. The monoisotopic (exact) mass is 220 g/mol. The van der Waals surface area contributed by atoms with E-state index in [2.05, 4.69) is 0 Å². The van der Waals surface area contributed by atoms with Gasteiger partial charge in [-0.25, -0.2) is 0 Å². The van der Waals surface area contributed by atoms with Gasteiger partial charge in [-0.1, -0.05) is 0 Å². The minimum atomic E-state index is -1.22. The van der Waals surface area contributed by atoms with Crippen LogP contribution in [0.5, 0.6) is 0 Å². The van der Waals surface area contributed by atoms with Crippen LogP contribution in [0.15, 0.2) is 0 Å². The van der Waals surface area contributed by atoms with Crippen LogP contribution >= 0.6 is 23.2 Å². The fraction of sp³-hybridized carbons (Fsp3) is 1.00. The molecule has 0 aliphatic rings. The third-order valence-corrected chi connectivity index (χ3v) is 0.818. The number of hydrogen-bond donors (Lipinski definition) is 4. The van der Waals surface area contributed by atoms with Crippen LogP contribution in [0.3, 0.4) is 0 Å². The van der Waals surface area contributed by atoms with Crippen LogP contribution in [-0.2, 0) is 0 Å². The van der Waals surface area contributed by atoms with Crippen molar-refractivity contribution in [1.29, 1.82) is 0 Å². The van der Waals surface area contributed by atoms with Gasteiger partial charge >= 0.3 is 0 Å². The van der Waals surface area contributed by atoms with E-state index in [1.54, 1.807) is 6.92 Å². The molecule has 0 saturated carbocycles. The molecule has 2 atom stereocenters. The number of hydrogen-bond acceptors (Lipinski definition) is 4. The summed E-state index contributed by atoms with van der Waals surface area (Å²) in [5, 5.41) is 33.2. The van der Waals surface area contributed by atoms with E-state index in [0.29, 0.717) is 0 Å². The first-order valence-corrected chi connectivity index (χ1v) is 4.19. The maximum atomic E-state index is 8.47.